The molecule has 3 aromatic carbocycles. The number of carbonyl (C=O) groups excluding carboxylic acids is 2. The Morgan fingerprint density at radius 1 is 1.17 bits per heavy atom. The van der Waals surface area contributed by atoms with Crippen molar-refractivity contribution >= 4 is 55.7 Å². The topological polar surface area (TPSA) is 98.2 Å². The van der Waals surface area contributed by atoms with Crippen LogP contribution in [0.25, 0.3) is 16.0 Å². The Morgan fingerprint density at radius 3 is 2.79 bits per heavy atom. The maximum absolute atomic E-state index is 13.7. The fraction of sp³-hybridized carbons (Fsp3) is 0.219. The molecule has 0 saturated carbocycles. The van der Waals surface area contributed by atoms with Crippen LogP contribution in [0.1, 0.15) is 36.6 Å². The Balaban J connectivity index is 1.54. The summed E-state index contributed by atoms with van der Waals surface area (Å²) >= 11 is 7.44. The molecular formula is C32H27ClN2O6S. The highest BCUT2D eigenvalue weighted by atomic mass is 35.5. The van der Waals surface area contributed by atoms with Gasteiger partial charge in [0.1, 0.15) is 24.2 Å². The Bertz CT molecular complexity index is 1780. The Morgan fingerprint density at radius 2 is 2.00 bits per heavy atom. The van der Waals surface area contributed by atoms with Crippen LogP contribution in [-0.4, -0.2) is 41.1 Å². The minimum atomic E-state index is -0.989. The number of ether oxygens (including phenoxy) is 3. The minimum Gasteiger partial charge on any atom is -0.507 e. The van der Waals surface area contributed by atoms with Crippen molar-refractivity contribution in [3.8, 4) is 17.2 Å². The van der Waals surface area contributed by atoms with Crippen LogP contribution in [-0.2, 0) is 16.0 Å². The van der Waals surface area contributed by atoms with Gasteiger partial charge in [0.2, 0.25) is 0 Å². The number of hydrogen-bond acceptors (Lipinski definition) is 8. The number of carbonyl (C=O) groups is 2. The molecule has 0 bridgehead atoms. The SMILES string of the molecule is C=CCOc1ccc([C@@H]2C(=C(O)c3ccc4c(c3)C[C@@H](C)O4)C(=O)C(=O)N2c2nc3ccc(Cl)cc3s2)cc1OCC. The summed E-state index contributed by atoms with van der Waals surface area (Å²) in [6, 6.07) is 14.7. The molecule has 214 valence electrons. The van der Waals surface area contributed by atoms with Crippen molar-refractivity contribution in [2.24, 2.45) is 0 Å². The third kappa shape index (κ3) is 4.88. The number of aliphatic hydroxyl groups excluding tert-OH is 1. The average molecular weight is 603 g/mol. The van der Waals surface area contributed by atoms with Gasteiger partial charge in [-0.15, -0.1) is 0 Å². The molecule has 2 aliphatic heterocycles. The van der Waals surface area contributed by atoms with E-state index in [-0.39, 0.29) is 24.0 Å². The fourth-order valence-corrected chi connectivity index (χ4v) is 6.56. The zero-order chi connectivity index (χ0) is 29.5. The van der Waals surface area contributed by atoms with Gasteiger partial charge < -0.3 is 19.3 Å². The number of anilines is 1. The van der Waals surface area contributed by atoms with E-state index in [0.717, 1.165) is 16.0 Å². The molecule has 0 unspecified atom stereocenters. The van der Waals surface area contributed by atoms with Crippen molar-refractivity contribution in [2.45, 2.75) is 32.4 Å². The first-order valence-corrected chi connectivity index (χ1v) is 14.7. The summed E-state index contributed by atoms with van der Waals surface area (Å²) in [5.41, 5.74) is 2.46. The molecule has 8 nitrogen and oxygen atoms in total. The summed E-state index contributed by atoms with van der Waals surface area (Å²) in [5.74, 6) is -0.237. The predicted octanol–water partition coefficient (Wildman–Crippen LogP) is 6.86. The monoisotopic (exact) mass is 602 g/mol. The van der Waals surface area contributed by atoms with Gasteiger partial charge in [0.05, 0.1) is 28.4 Å². The van der Waals surface area contributed by atoms with E-state index < -0.39 is 17.7 Å². The molecule has 2 aliphatic rings. The number of nitrogens with zero attached hydrogens (tertiary/aromatic N) is 2. The highest BCUT2D eigenvalue weighted by Crippen LogP contribution is 2.46. The first kappa shape index (κ1) is 27.8. The lowest BCUT2D eigenvalue weighted by Gasteiger charge is -2.24. The molecule has 0 radical (unpaired) electrons. The molecule has 3 heterocycles. The summed E-state index contributed by atoms with van der Waals surface area (Å²) in [4.78, 5) is 33.4. The van der Waals surface area contributed by atoms with E-state index in [0.29, 0.717) is 51.3 Å². The zero-order valence-electron chi connectivity index (χ0n) is 22.9. The molecular weight excluding hydrogens is 576 g/mol. The van der Waals surface area contributed by atoms with Gasteiger partial charge >= 0.3 is 5.91 Å². The van der Waals surface area contributed by atoms with Gasteiger partial charge in [0.15, 0.2) is 16.6 Å². The number of aromatic nitrogens is 1. The van der Waals surface area contributed by atoms with E-state index in [1.54, 1.807) is 60.7 Å². The third-order valence-corrected chi connectivity index (χ3v) is 8.35. The summed E-state index contributed by atoms with van der Waals surface area (Å²) < 4.78 is 18.2. The second-order valence-electron chi connectivity index (χ2n) is 9.97. The van der Waals surface area contributed by atoms with Crippen LogP contribution in [0.3, 0.4) is 0 Å². The molecule has 42 heavy (non-hydrogen) atoms. The van der Waals surface area contributed by atoms with Gasteiger partial charge in [-0.2, -0.15) is 0 Å². The van der Waals surface area contributed by atoms with Crippen LogP contribution in [0, 0.1) is 0 Å². The fourth-order valence-electron chi connectivity index (χ4n) is 5.29. The average Bonchev–Trinajstić information content (AvgIpc) is 3.63. The maximum atomic E-state index is 13.7. The summed E-state index contributed by atoms with van der Waals surface area (Å²) in [6.07, 6.45) is 2.31. The number of ketones is 1. The number of rotatable bonds is 8. The minimum absolute atomic E-state index is 0.00863. The molecule has 10 heteroatoms. The highest BCUT2D eigenvalue weighted by molar-refractivity contribution is 7.22. The van der Waals surface area contributed by atoms with Crippen LogP contribution in [0.2, 0.25) is 5.02 Å². The molecule has 6 rings (SSSR count). The number of halogens is 1. The highest BCUT2D eigenvalue weighted by Gasteiger charge is 2.48. The van der Waals surface area contributed by atoms with E-state index in [9.17, 15) is 14.7 Å². The first-order chi connectivity index (χ1) is 20.3. The lowest BCUT2D eigenvalue weighted by Crippen LogP contribution is -2.29. The predicted molar refractivity (Wildman–Crippen MR) is 163 cm³/mol. The Labute approximate surface area is 251 Å². The molecule has 1 fully saturated rings. The van der Waals surface area contributed by atoms with Crippen molar-refractivity contribution in [2.75, 3.05) is 18.1 Å². The van der Waals surface area contributed by atoms with Crippen molar-refractivity contribution in [3.05, 3.63) is 94.5 Å². The number of thiazole rings is 1. The number of amides is 1. The summed E-state index contributed by atoms with van der Waals surface area (Å²) in [7, 11) is 0. The molecule has 0 aliphatic carbocycles. The van der Waals surface area contributed by atoms with E-state index in [1.165, 1.54) is 16.2 Å². The number of aliphatic hydroxyl groups is 1. The van der Waals surface area contributed by atoms with Gasteiger partial charge in [-0.05, 0) is 73.5 Å². The molecule has 4 aromatic rings. The van der Waals surface area contributed by atoms with Crippen LogP contribution in [0.15, 0.2) is 72.8 Å². The Hall–Kier alpha value is -4.34. The quantitative estimate of drug-likeness (QED) is 0.102. The smallest absolute Gasteiger partial charge is 0.301 e. The van der Waals surface area contributed by atoms with E-state index in [4.69, 9.17) is 25.8 Å². The van der Waals surface area contributed by atoms with Gasteiger partial charge in [-0.1, -0.05) is 41.7 Å². The van der Waals surface area contributed by atoms with Crippen LogP contribution in [0.5, 0.6) is 17.2 Å². The number of fused-ring (bicyclic) bond motifs is 2. The number of hydrogen-bond donors (Lipinski definition) is 1. The molecule has 2 atom stereocenters. The third-order valence-electron chi connectivity index (χ3n) is 7.10. The molecule has 1 saturated heterocycles. The van der Waals surface area contributed by atoms with Crippen molar-refractivity contribution in [1.29, 1.82) is 0 Å². The summed E-state index contributed by atoms with van der Waals surface area (Å²) in [5, 5.41) is 12.5. The standard InChI is InChI=1S/C32H27ClN2O6S/c1-4-12-40-24-11-6-18(15-25(24)39-5-2)28-27(29(36)19-7-10-23-20(14-19)13-17(3)41-23)30(37)31(38)35(28)32-34-22-9-8-21(33)16-26(22)42-32/h4,6-11,14-17,28,36H,1,5,12-13H2,2-3H3/t17-,28-/m1/s1. The normalized spacial score (nSPS) is 19.2. The second-order valence-corrected chi connectivity index (χ2v) is 11.4. The van der Waals surface area contributed by atoms with E-state index in [1.807, 2.05) is 13.8 Å². The number of benzene rings is 3. The van der Waals surface area contributed by atoms with Crippen LogP contribution < -0.4 is 19.1 Å². The van der Waals surface area contributed by atoms with Crippen molar-refractivity contribution < 1.29 is 28.9 Å². The maximum Gasteiger partial charge on any atom is 0.301 e. The molecule has 1 amide bonds. The number of Topliss-reactive ketones (excluding diaryl/α,β-unsaturated/α-hetero) is 1. The lowest BCUT2D eigenvalue weighted by molar-refractivity contribution is -0.132. The molecule has 1 N–H and O–H groups in total. The lowest BCUT2D eigenvalue weighted by atomic mass is 9.94. The van der Waals surface area contributed by atoms with Gasteiger partial charge in [-0.3, -0.25) is 14.5 Å². The van der Waals surface area contributed by atoms with Gasteiger partial charge in [-0.25, -0.2) is 4.98 Å². The second kappa shape index (κ2) is 11.2. The van der Waals surface area contributed by atoms with Crippen LogP contribution >= 0.6 is 22.9 Å². The molecule has 0 spiro atoms. The van der Waals surface area contributed by atoms with E-state index in [2.05, 4.69) is 11.6 Å². The van der Waals surface area contributed by atoms with Crippen molar-refractivity contribution in [3.63, 3.8) is 0 Å². The zero-order valence-corrected chi connectivity index (χ0v) is 24.5. The summed E-state index contributed by atoms with van der Waals surface area (Å²) in [6.45, 7) is 8.15. The Kier molecular flexibility index (Phi) is 7.38. The van der Waals surface area contributed by atoms with Gasteiger partial charge in [0, 0.05) is 17.0 Å². The van der Waals surface area contributed by atoms with Gasteiger partial charge in [0.25, 0.3) is 5.78 Å². The largest absolute Gasteiger partial charge is 0.507 e. The van der Waals surface area contributed by atoms with E-state index >= 15 is 0 Å². The first-order valence-electron chi connectivity index (χ1n) is 13.5. The van der Waals surface area contributed by atoms with Crippen molar-refractivity contribution in [1.82, 2.24) is 4.98 Å². The molecule has 1 aromatic heterocycles. The van der Waals surface area contributed by atoms with Crippen LogP contribution in [0.4, 0.5) is 5.13 Å².